The van der Waals surface area contributed by atoms with Gasteiger partial charge in [-0.3, -0.25) is 9.13 Å². The first-order valence-corrected chi connectivity index (χ1v) is 20.2. The van der Waals surface area contributed by atoms with Gasteiger partial charge in [0, 0.05) is 63.7 Å². The maximum absolute atomic E-state index is 5.88. The highest BCUT2D eigenvalue weighted by atomic mass is 15.1. The lowest BCUT2D eigenvalue weighted by Gasteiger charge is -2.21. The van der Waals surface area contributed by atoms with E-state index in [0.717, 1.165) is 50.6 Å². The Bertz CT molecular complexity index is 2510. The van der Waals surface area contributed by atoms with Crippen molar-refractivity contribution in [3.05, 3.63) is 178 Å². The SMILES string of the molecule is C#Cc1cc(C#Cc2ccc(-c3nccn3-c3c(C(C)C)cccc3C(C)C)cc2)cc(C#Cc2ccc(-c3nccn3-c3c(C(C)C)cccc3C(C)C)cc2)c1. The number of nitrogens with zero attached hydrogens (tertiary/aromatic N) is 4. The Morgan fingerprint density at radius 1 is 0.431 bits per heavy atom. The Labute approximate surface area is 345 Å². The molecule has 7 rings (SSSR count). The van der Waals surface area contributed by atoms with Gasteiger partial charge in [-0.05, 0) is 88.4 Å². The van der Waals surface area contributed by atoms with Gasteiger partial charge in [0.1, 0.15) is 11.6 Å². The van der Waals surface area contributed by atoms with E-state index in [4.69, 9.17) is 16.4 Å². The zero-order valence-electron chi connectivity index (χ0n) is 34.8. The minimum absolute atomic E-state index is 0.381. The fourth-order valence-electron chi connectivity index (χ4n) is 7.52. The third kappa shape index (κ3) is 8.32. The summed E-state index contributed by atoms with van der Waals surface area (Å²) in [6, 6.07) is 35.7. The molecule has 0 spiro atoms. The summed E-state index contributed by atoms with van der Waals surface area (Å²) in [5.74, 6) is 19.4. The highest BCUT2D eigenvalue weighted by molar-refractivity contribution is 5.65. The summed E-state index contributed by atoms with van der Waals surface area (Å²) in [7, 11) is 0. The highest BCUT2D eigenvalue weighted by Crippen LogP contribution is 2.35. The lowest BCUT2D eigenvalue weighted by molar-refractivity contribution is 0.806. The van der Waals surface area contributed by atoms with Crippen molar-refractivity contribution < 1.29 is 0 Å². The predicted molar refractivity (Wildman–Crippen MR) is 241 cm³/mol. The monoisotopic (exact) mass is 754 g/mol. The molecule has 0 N–H and O–H groups in total. The number of imidazole rings is 2. The van der Waals surface area contributed by atoms with Gasteiger partial charge < -0.3 is 0 Å². The lowest BCUT2D eigenvalue weighted by Crippen LogP contribution is -2.07. The van der Waals surface area contributed by atoms with E-state index in [9.17, 15) is 0 Å². The molecule has 4 nitrogen and oxygen atoms in total. The van der Waals surface area contributed by atoms with Crippen molar-refractivity contribution in [3.63, 3.8) is 0 Å². The number of terminal acetylenes is 1. The van der Waals surface area contributed by atoms with Gasteiger partial charge >= 0.3 is 0 Å². The summed E-state index contributed by atoms with van der Waals surface area (Å²) in [6.45, 7) is 18.0. The molecular formula is C54H50N4. The molecule has 2 heterocycles. The maximum Gasteiger partial charge on any atom is 0.144 e. The largest absolute Gasteiger partial charge is 0.299 e. The van der Waals surface area contributed by atoms with Gasteiger partial charge in [0.25, 0.3) is 0 Å². The number of rotatable bonds is 8. The first-order chi connectivity index (χ1) is 28.0. The van der Waals surface area contributed by atoms with E-state index in [-0.39, 0.29) is 0 Å². The number of para-hydroxylation sites is 2. The molecule has 58 heavy (non-hydrogen) atoms. The number of hydrogen-bond donors (Lipinski definition) is 0. The Morgan fingerprint density at radius 2 is 0.759 bits per heavy atom. The third-order valence-electron chi connectivity index (χ3n) is 10.5. The van der Waals surface area contributed by atoms with Crippen LogP contribution < -0.4 is 0 Å². The Hall–Kier alpha value is -6.80. The van der Waals surface area contributed by atoms with Crippen LogP contribution in [0.5, 0.6) is 0 Å². The van der Waals surface area contributed by atoms with E-state index in [1.54, 1.807) is 0 Å². The van der Waals surface area contributed by atoms with Gasteiger partial charge in [-0.15, -0.1) is 6.42 Å². The highest BCUT2D eigenvalue weighted by Gasteiger charge is 2.20. The second kappa shape index (κ2) is 17.1. The fraction of sp³-hybridized carbons (Fsp3) is 0.222. The van der Waals surface area contributed by atoms with Gasteiger partial charge in [-0.25, -0.2) is 9.97 Å². The Kier molecular flexibility index (Phi) is 11.7. The lowest BCUT2D eigenvalue weighted by atomic mass is 9.92. The normalized spacial score (nSPS) is 11.1. The van der Waals surface area contributed by atoms with Crippen molar-refractivity contribution in [3.8, 4) is 70.2 Å². The van der Waals surface area contributed by atoms with Crippen LogP contribution in [0.1, 0.15) is 129 Å². The summed E-state index contributed by atoms with van der Waals surface area (Å²) in [5.41, 5.74) is 13.9. The molecule has 0 aliphatic heterocycles. The van der Waals surface area contributed by atoms with Crippen molar-refractivity contribution >= 4 is 0 Å². The summed E-state index contributed by atoms with van der Waals surface area (Å²) in [5, 5.41) is 0. The van der Waals surface area contributed by atoms with Crippen LogP contribution in [-0.4, -0.2) is 19.1 Å². The molecule has 0 radical (unpaired) electrons. The first kappa shape index (κ1) is 39.4. The molecule has 0 fully saturated rings. The quantitative estimate of drug-likeness (QED) is 0.145. The van der Waals surface area contributed by atoms with Gasteiger partial charge in [-0.2, -0.15) is 0 Å². The molecular weight excluding hydrogens is 705 g/mol. The molecule has 0 saturated carbocycles. The van der Waals surface area contributed by atoms with Crippen LogP contribution >= 0.6 is 0 Å². The van der Waals surface area contributed by atoms with E-state index >= 15 is 0 Å². The van der Waals surface area contributed by atoms with Gasteiger partial charge in [0.2, 0.25) is 0 Å². The molecule has 5 aromatic carbocycles. The maximum atomic E-state index is 5.88. The third-order valence-corrected chi connectivity index (χ3v) is 10.5. The molecule has 0 atom stereocenters. The first-order valence-electron chi connectivity index (χ1n) is 20.2. The summed E-state index contributed by atoms with van der Waals surface area (Å²) < 4.78 is 4.47. The van der Waals surface area contributed by atoms with Crippen molar-refractivity contribution in [1.29, 1.82) is 0 Å². The van der Waals surface area contributed by atoms with Crippen molar-refractivity contribution in [2.75, 3.05) is 0 Å². The molecule has 0 aliphatic carbocycles. The molecule has 0 amide bonds. The molecule has 0 unspecified atom stereocenters. The van der Waals surface area contributed by atoms with Crippen LogP contribution in [0, 0.1) is 36.0 Å². The van der Waals surface area contributed by atoms with Crippen molar-refractivity contribution in [1.82, 2.24) is 19.1 Å². The van der Waals surface area contributed by atoms with E-state index in [1.807, 2.05) is 54.9 Å². The van der Waals surface area contributed by atoms with Gasteiger partial charge in [0.15, 0.2) is 0 Å². The zero-order valence-corrected chi connectivity index (χ0v) is 34.8. The van der Waals surface area contributed by atoms with Crippen LogP contribution in [0.3, 0.4) is 0 Å². The van der Waals surface area contributed by atoms with E-state index in [2.05, 4.69) is 167 Å². The molecule has 286 valence electrons. The smallest absolute Gasteiger partial charge is 0.144 e. The molecule has 0 bridgehead atoms. The number of aromatic nitrogens is 4. The average Bonchev–Trinajstić information content (AvgIpc) is 3.93. The summed E-state index contributed by atoms with van der Waals surface area (Å²) >= 11 is 0. The van der Waals surface area contributed by atoms with Crippen LogP contribution in [0.2, 0.25) is 0 Å². The second-order valence-corrected chi connectivity index (χ2v) is 16.0. The van der Waals surface area contributed by atoms with E-state index in [0.29, 0.717) is 23.7 Å². The van der Waals surface area contributed by atoms with Gasteiger partial charge in [-0.1, -0.05) is 146 Å². The molecule has 0 saturated heterocycles. The molecule has 7 aromatic rings. The minimum atomic E-state index is 0.381. The minimum Gasteiger partial charge on any atom is -0.299 e. The summed E-state index contributed by atoms with van der Waals surface area (Å²) in [6.07, 6.45) is 13.8. The number of benzene rings is 5. The fourth-order valence-corrected chi connectivity index (χ4v) is 7.52. The second-order valence-electron chi connectivity index (χ2n) is 16.0. The topological polar surface area (TPSA) is 35.6 Å². The molecule has 0 aliphatic rings. The van der Waals surface area contributed by atoms with Crippen LogP contribution in [0.15, 0.2) is 128 Å². The van der Waals surface area contributed by atoms with Crippen molar-refractivity contribution in [2.45, 2.75) is 79.1 Å². The van der Waals surface area contributed by atoms with Crippen LogP contribution in [0.25, 0.3) is 34.2 Å². The Balaban J connectivity index is 1.12. The Morgan fingerprint density at radius 3 is 1.09 bits per heavy atom. The predicted octanol–water partition coefficient (Wildman–Crippen LogP) is 12.7. The zero-order chi connectivity index (χ0) is 40.9. The number of hydrogen-bond acceptors (Lipinski definition) is 2. The van der Waals surface area contributed by atoms with Crippen LogP contribution in [0.4, 0.5) is 0 Å². The van der Waals surface area contributed by atoms with E-state index in [1.165, 1.54) is 33.6 Å². The molecule has 4 heteroatoms. The van der Waals surface area contributed by atoms with Crippen molar-refractivity contribution in [2.24, 2.45) is 0 Å². The van der Waals surface area contributed by atoms with E-state index < -0.39 is 0 Å². The standard InChI is InChI=1S/C54H50N4/c1-10-40-33-43(19-17-41-21-25-45(26-22-41)53-55-29-31-57(53)51-47(36(2)3)13-11-14-48(51)37(4)5)35-44(34-40)20-18-42-23-27-46(28-24-42)54-56-30-32-58(54)52-49(38(6)7)15-12-16-50(52)39(8)9/h1,11-16,21-39H,2-9H3. The van der Waals surface area contributed by atoms with Crippen LogP contribution in [-0.2, 0) is 0 Å². The average molecular weight is 755 g/mol. The molecule has 2 aromatic heterocycles. The summed E-state index contributed by atoms with van der Waals surface area (Å²) in [4.78, 5) is 9.59. The van der Waals surface area contributed by atoms with Gasteiger partial charge in [0.05, 0.1) is 11.4 Å².